The summed E-state index contributed by atoms with van der Waals surface area (Å²) in [6.07, 6.45) is 31.7. The maximum Gasteiger partial charge on any atom is 0.267 e. The molecule has 0 saturated heterocycles. The van der Waals surface area contributed by atoms with Gasteiger partial charge >= 0.3 is 0 Å². The molecule has 0 aromatic carbocycles. The Bertz CT molecular complexity index is 570. The van der Waals surface area contributed by atoms with E-state index in [0.29, 0.717) is 13.0 Å². The minimum Gasteiger partial charge on any atom is -0.756 e. The first-order chi connectivity index (χ1) is 19.8. The van der Waals surface area contributed by atoms with E-state index in [2.05, 4.69) is 28.1 Å². The van der Waals surface area contributed by atoms with Crippen LogP contribution in [0, 0.1) is 0 Å². The predicted molar refractivity (Wildman–Crippen MR) is 174 cm³/mol. The number of ether oxygens (including phenoxy) is 1. The zero-order valence-corrected chi connectivity index (χ0v) is 29.0. The van der Waals surface area contributed by atoms with Crippen molar-refractivity contribution < 1.29 is 27.7 Å². The minimum atomic E-state index is -4.18. The summed E-state index contributed by atoms with van der Waals surface area (Å²) >= 11 is 0. The van der Waals surface area contributed by atoms with Gasteiger partial charge in [0.25, 0.3) is 7.82 Å². The molecule has 0 spiro atoms. The number of phosphoric ester groups is 1. The van der Waals surface area contributed by atoms with E-state index in [9.17, 15) is 9.46 Å². The van der Waals surface area contributed by atoms with Crippen molar-refractivity contribution in [1.82, 2.24) is 0 Å². The lowest BCUT2D eigenvalue weighted by molar-refractivity contribution is -0.870. The normalized spacial score (nSPS) is 13.6. The van der Waals surface area contributed by atoms with Gasteiger partial charge in [0.1, 0.15) is 0 Å². The van der Waals surface area contributed by atoms with Crippen LogP contribution in [0.2, 0.25) is 0 Å². The van der Waals surface area contributed by atoms with E-state index in [4.69, 9.17) is 13.8 Å². The van der Waals surface area contributed by atoms with E-state index >= 15 is 0 Å². The second-order valence-electron chi connectivity index (χ2n) is 13.2. The highest BCUT2D eigenvalue weighted by Gasteiger charge is 2.09. The van der Waals surface area contributed by atoms with Crippen LogP contribution in [0.15, 0.2) is 0 Å². The monoisotopic (exact) mass is 606 g/mol. The number of rotatable bonds is 34. The highest BCUT2D eigenvalue weighted by Crippen LogP contribution is 2.38. The Morgan fingerprint density at radius 3 is 1.20 bits per heavy atom. The van der Waals surface area contributed by atoms with Crippen molar-refractivity contribution in [3.05, 3.63) is 0 Å². The zero-order valence-electron chi connectivity index (χ0n) is 28.1. The second-order valence-corrected chi connectivity index (χ2v) is 14.6. The molecule has 0 heterocycles. The van der Waals surface area contributed by atoms with Crippen LogP contribution in [0.3, 0.4) is 0 Å². The second kappa shape index (κ2) is 30.1. The predicted octanol–water partition coefficient (Wildman–Crippen LogP) is 9.98. The SMILES string of the molecule is CCCCCCCCCCCCCCCCCCOCCCOP(=O)([O-])OCCCCCCCCCC[N+](C)(C)C. The summed E-state index contributed by atoms with van der Waals surface area (Å²) in [6, 6.07) is 0. The van der Waals surface area contributed by atoms with Crippen molar-refractivity contribution >= 4 is 7.82 Å². The molecule has 0 N–H and O–H groups in total. The number of hydrogen-bond acceptors (Lipinski definition) is 5. The lowest BCUT2D eigenvalue weighted by atomic mass is 10.0. The molecule has 1 unspecified atom stereocenters. The molecular formula is C34H72NO5P. The summed E-state index contributed by atoms with van der Waals surface area (Å²) in [5.41, 5.74) is 0. The lowest BCUT2D eigenvalue weighted by Crippen LogP contribution is -2.35. The number of hydrogen-bond donors (Lipinski definition) is 0. The van der Waals surface area contributed by atoms with Crippen molar-refractivity contribution in [3.8, 4) is 0 Å². The molecule has 0 aromatic heterocycles. The van der Waals surface area contributed by atoms with Gasteiger partial charge in [0.2, 0.25) is 0 Å². The smallest absolute Gasteiger partial charge is 0.267 e. The third-order valence-electron chi connectivity index (χ3n) is 7.80. The molecule has 0 saturated carbocycles. The van der Waals surface area contributed by atoms with Gasteiger partial charge in [-0.25, -0.2) is 0 Å². The molecule has 0 aliphatic carbocycles. The highest BCUT2D eigenvalue weighted by molar-refractivity contribution is 7.45. The topological polar surface area (TPSA) is 67.8 Å². The van der Waals surface area contributed by atoms with Crippen LogP contribution in [-0.2, 0) is 18.3 Å². The summed E-state index contributed by atoms with van der Waals surface area (Å²) < 4.78 is 28.5. The van der Waals surface area contributed by atoms with Crippen LogP contribution in [-0.4, -0.2) is 58.6 Å². The van der Waals surface area contributed by atoms with E-state index < -0.39 is 7.82 Å². The third kappa shape index (κ3) is 36.1. The van der Waals surface area contributed by atoms with Gasteiger partial charge in [-0.05, 0) is 32.1 Å². The first kappa shape index (κ1) is 41.0. The fourth-order valence-electron chi connectivity index (χ4n) is 5.15. The highest BCUT2D eigenvalue weighted by atomic mass is 31.2. The van der Waals surface area contributed by atoms with Crippen LogP contribution in [0.4, 0.5) is 0 Å². The van der Waals surface area contributed by atoms with E-state index in [1.54, 1.807) is 0 Å². The van der Waals surface area contributed by atoms with Gasteiger partial charge in [-0.3, -0.25) is 4.57 Å². The molecule has 0 aliphatic rings. The van der Waals surface area contributed by atoms with E-state index in [0.717, 1.165) is 36.8 Å². The summed E-state index contributed by atoms with van der Waals surface area (Å²) in [4.78, 5) is 11.9. The Balaban J connectivity index is 3.28. The van der Waals surface area contributed by atoms with Crippen molar-refractivity contribution in [2.45, 2.75) is 167 Å². The van der Waals surface area contributed by atoms with Gasteiger partial charge in [0.15, 0.2) is 0 Å². The maximum absolute atomic E-state index is 11.9. The van der Waals surface area contributed by atoms with Crippen molar-refractivity contribution in [3.63, 3.8) is 0 Å². The van der Waals surface area contributed by atoms with Crippen LogP contribution in [0.5, 0.6) is 0 Å². The first-order valence-corrected chi connectivity index (χ1v) is 19.2. The number of nitrogens with zero attached hydrogens (tertiary/aromatic N) is 1. The molecule has 7 heteroatoms. The van der Waals surface area contributed by atoms with Gasteiger partial charge in [-0.1, -0.05) is 135 Å². The van der Waals surface area contributed by atoms with Crippen molar-refractivity contribution in [2.75, 3.05) is 54.1 Å². The van der Waals surface area contributed by atoms with Gasteiger partial charge in [0, 0.05) is 13.2 Å². The van der Waals surface area contributed by atoms with Gasteiger partial charge in [-0.2, -0.15) is 0 Å². The largest absolute Gasteiger partial charge is 0.756 e. The Kier molecular flexibility index (Phi) is 30.1. The molecule has 0 fully saturated rings. The molecule has 0 rings (SSSR count). The molecule has 0 radical (unpaired) electrons. The van der Waals surface area contributed by atoms with Gasteiger partial charge < -0.3 is 23.2 Å². The average Bonchev–Trinajstić information content (AvgIpc) is 2.92. The quantitative estimate of drug-likeness (QED) is 0.0415. The van der Waals surface area contributed by atoms with Gasteiger partial charge in [0.05, 0.1) is 40.9 Å². The van der Waals surface area contributed by atoms with E-state index in [1.165, 1.54) is 135 Å². The van der Waals surface area contributed by atoms with Gasteiger partial charge in [-0.15, -0.1) is 0 Å². The first-order valence-electron chi connectivity index (χ1n) is 17.7. The Morgan fingerprint density at radius 1 is 0.463 bits per heavy atom. The van der Waals surface area contributed by atoms with E-state index in [1.807, 2.05) is 0 Å². The van der Waals surface area contributed by atoms with E-state index in [-0.39, 0.29) is 13.2 Å². The Hall–Kier alpha value is 0.0300. The standard InChI is InChI=1S/C34H72NO5P/c1-5-6-7-8-9-10-11-12-13-14-15-16-18-21-24-27-31-38-32-29-34-40-41(36,37)39-33-28-25-22-19-17-20-23-26-30-35(2,3)4/h5-34H2,1-4H3. The fourth-order valence-corrected chi connectivity index (χ4v) is 5.93. The van der Waals surface area contributed by atoms with Crippen LogP contribution in [0.25, 0.3) is 0 Å². The molecule has 6 nitrogen and oxygen atoms in total. The maximum atomic E-state index is 11.9. The number of unbranched alkanes of at least 4 members (excludes halogenated alkanes) is 22. The van der Waals surface area contributed by atoms with Crippen molar-refractivity contribution in [1.29, 1.82) is 0 Å². The fraction of sp³-hybridized carbons (Fsp3) is 1.00. The molecular weight excluding hydrogens is 533 g/mol. The summed E-state index contributed by atoms with van der Waals surface area (Å²) in [7, 11) is 2.54. The lowest BCUT2D eigenvalue weighted by Gasteiger charge is -2.23. The number of quaternary nitrogens is 1. The number of phosphoric acid groups is 1. The summed E-state index contributed by atoms with van der Waals surface area (Å²) in [5, 5.41) is 0. The third-order valence-corrected chi connectivity index (χ3v) is 8.79. The van der Waals surface area contributed by atoms with Crippen LogP contribution in [0.1, 0.15) is 167 Å². The Labute approximate surface area is 256 Å². The van der Waals surface area contributed by atoms with Crippen LogP contribution < -0.4 is 4.89 Å². The summed E-state index contributed by atoms with van der Waals surface area (Å²) in [5.74, 6) is 0. The minimum absolute atomic E-state index is 0.133. The Morgan fingerprint density at radius 2 is 0.780 bits per heavy atom. The molecule has 0 aromatic rings. The summed E-state index contributed by atoms with van der Waals surface area (Å²) in [6.45, 7) is 5.16. The molecule has 248 valence electrons. The average molecular weight is 606 g/mol. The van der Waals surface area contributed by atoms with Crippen LogP contribution >= 0.6 is 7.82 Å². The van der Waals surface area contributed by atoms with Crippen molar-refractivity contribution in [2.24, 2.45) is 0 Å². The zero-order chi connectivity index (χ0) is 30.3. The molecule has 0 bridgehead atoms. The molecule has 0 aliphatic heterocycles. The molecule has 41 heavy (non-hydrogen) atoms. The molecule has 0 amide bonds. The molecule has 1 atom stereocenters.